The van der Waals surface area contributed by atoms with Crippen molar-refractivity contribution < 1.29 is 14.6 Å². The number of phenolic OH excluding ortho intramolecular Hbond substituents is 1. The van der Waals surface area contributed by atoms with Crippen LogP contribution in [0.4, 0.5) is 0 Å². The van der Waals surface area contributed by atoms with E-state index in [4.69, 9.17) is 9.47 Å². The molecule has 24 heavy (non-hydrogen) atoms. The first-order valence-corrected chi connectivity index (χ1v) is 8.82. The van der Waals surface area contributed by atoms with Gasteiger partial charge < -0.3 is 19.9 Å². The van der Waals surface area contributed by atoms with Crippen molar-refractivity contribution in [1.82, 2.24) is 5.32 Å². The zero-order valence-electron chi connectivity index (χ0n) is 14.6. The summed E-state index contributed by atoms with van der Waals surface area (Å²) in [7, 11) is 3.72. The first-order chi connectivity index (χ1) is 11.7. The highest BCUT2D eigenvalue weighted by molar-refractivity contribution is 5.66. The molecular formula is C20H25NO3. The first-order valence-electron chi connectivity index (χ1n) is 8.82. The SMILES string of the molecule is CCCC[C@@]12C3=CC=C(OC)C1Oc1c(O)ccc(c12)CC3NC. The number of likely N-dealkylation sites (N-methyl/N-ethyl adjacent to an activating group) is 1. The van der Waals surface area contributed by atoms with Gasteiger partial charge in [0.25, 0.3) is 0 Å². The smallest absolute Gasteiger partial charge is 0.169 e. The van der Waals surface area contributed by atoms with Gasteiger partial charge in [0.1, 0.15) is 5.76 Å². The van der Waals surface area contributed by atoms with Crippen molar-refractivity contribution in [2.75, 3.05) is 14.2 Å². The van der Waals surface area contributed by atoms with Gasteiger partial charge in [-0.3, -0.25) is 0 Å². The number of hydrogen-bond donors (Lipinski definition) is 2. The monoisotopic (exact) mass is 327 g/mol. The molecule has 3 atom stereocenters. The molecule has 2 N–H and O–H groups in total. The van der Waals surface area contributed by atoms with Crippen LogP contribution >= 0.6 is 0 Å². The largest absolute Gasteiger partial charge is 0.504 e. The van der Waals surface area contributed by atoms with Crippen molar-refractivity contribution in [2.45, 2.75) is 50.2 Å². The van der Waals surface area contributed by atoms with Crippen molar-refractivity contribution in [2.24, 2.45) is 0 Å². The zero-order valence-corrected chi connectivity index (χ0v) is 14.6. The molecule has 1 aliphatic heterocycles. The molecule has 0 fully saturated rings. The van der Waals surface area contributed by atoms with E-state index in [1.165, 1.54) is 16.7 Å². The fourth-order valence-corrected chi connectivity index (χ4v) is 4.79. The van der Waals surface area contributed by atoms with E-state index in [0.29, 0.717) is 5.75 Å². The Hall–Kier alpha value is -1.94. The van der Waals surface area contributed by atoms with E-state index in [0.717, 1.165) is 31.4 Å². The number of methoxy groups -OCH3 is 1. The summed E-state index contributed by atoms with van der Waals surface area (Å²) in [6, 6.07) is 4.10. The first kappa shape index (κ1) is 15.6. The van der Waals surface area contributed by atoms with Crippen LogP contribution in [0.5, 0.6) is 11.5 Å². The standard InChI is InChI=1S/C20H25NO3/c1-4-5-10-20-13-7-9-16(23-3)19(20)24-18-15(22)8-6-12(17(18)20)11-14(13)21-2/h6-9,14,19,21-22H,4-5,10-11H2,1-3H3/t14?,19?,20-/m0/s1. The van der Waals surface area contributed by atoms with Crippen LogP contribution in [-0.2, 0) is 16.6 Å². The topological polar surface area (TPSA) is 50.7 Å². The van der Waals surface area contributed by atoms with E-state index < -0.39 is 0 Å². The molecule has 0 bridgehead atoms. The van der Waals surface area contributed by atoms with E-state index in [2.05, 4.69) is 24.4 Å². The molecule has 128 valence electrons. The van der Waals surface area contributed by atoms with Crippen LogP contribution in [0, 0.1) is 0 Å². The predicted octanol–water partition coefficient (Wildman–Crippen LogP) is 3.20. The number of benzene rings is 1. The summed E-state index contributed by atoms with van der Waals surface area (Å²) in [6.07, 6.45) is 8.21. The van der Waals surface area contributed by atoms with Crippen LogP contribution in [0.2, 0.25) is 0 Å². The summed E-state index contributed by atoms with van der Waals surface area (Å²) in [5.74, 6) is 1.73. The number of nitrogens with one attached hydrogen (secondary N) is 1. The minimum Gasteiger partial charge on any atom is -0.504 e. The molecule has 2 aliphatic carbocycles. The molecule has 1 aromatic carbocycles. The maximum Gasteiger partial charge on any atom is 0.169 e. The molecule has 0 saturated heterocycles. The third-order valence-corrected chi connectivity index (χ3v) is 5.86. The molecule has 2 unspecified atom stereocenters. The molecule has 3 aliphatic rings. The molecule has 0 amide bonds. The van der Waals surface area contributed by atoms with Crippen molar-refractivity contribution in [3.63, 3.8) is 0 Å². The molecule has 4 nitrogen and oxygen atoms in total. The Morgan fingerprint density at radius 2 is 2.21 bits per heavy atom. The fourth-order valence-electron chi connectivity index (χ4n) is 4.79. The Bertz CT molecular complexity index is 737. The van der Waals surface area contributed by atoms with Crippen molar-refractivity contribution in [1.29, 1.82) is 0 Å². The van der Waals surface area contributed by atoms with Crippen molar-refractivity contribution >= 4 is 0 Å². The van der Waals surface area contributed by atoms with Crippen LogP contribution in [0.3, 0.4) is 0 Å². The summed E-state index contributed by atoms with van der Waals surface area (Å²) < 4.78 is 12.0. The number of aromatic hydroxyl groups is 1. The average Bonchev–Trinajstić information content (AvgIpc) is 2.97. The van der Waals surface area contributed by atoms with E-state index in [9.17, 15) is 5.11 Å². The molecule has 0 radical (unpaired) electrons. The van der Waals surface area contributed by atoms with Crippen molar-refractivity contribution in [3.8, 4) is 11.5 Å². The molecule has 1 aromatic rings. The van der Waals surface area contributed by atoms with Gasteiger partial charge in [-0.1, -0.05) is 31.9 Å². The van der Waals surface area contributed by atoms with Gasteiger partial charge in [0.05, 0.1) is 12.5 Å². The number of rotatable bonds is 5. The third-order valence-electron chi connectivity index (χ3n) is 5.86. The number of phenols is 1. The Morgan fingerprint density at radius 1 is 1.38 bits per heavy atom. The van der Waals surface area contributed by atoms with Crippen LogP contribution < -0.4 is 10.1 Å². The molecule has 0 saturated carbocycles. The van der Waals surface area contributed by atoms with E-state index in [1.807, 2.05) is 13.1 Å². The molecule has 0 aromatic heterocycles. The number of allylic oxidation sites excluding steroid dienone is 2. The minimum absolute atomic E-state index is 0.188. The molecular weight excluding hydrogens is 302 g/mol. The predicted molar refractivity (Wildman–Crippen MR) is 93.5 cm³/mol. The lowest BCUT2D eigenvalue weighted by atomic mass is 9.59. The Kier molecular flexibility index (Phi) is 3.61. The van der Waals surface area contributed by atoms with Gasteiger partial charge in [-0.2, -0.15) is 0 Å². The van der Waals surface area contributed by atoms with Gasteiger partial charge in [0, 0.05) is 11.6 Å². The van der Waals surface area contributed by atoms with Gasteiger partial charge in [0.15, 0.2) is 17.6 Å². The zero-order chi connectivity index (χ0) is 16.9. The Morgan fingerprint density at radius 3 is 2.92 bits per heavy atom. The third kappa shape index (κ3) is 1.83. The van der Waals surface area contributed by atoms with Gasteiger partial charge >= 0.3 is 0 Å². The lowest BCUT2D eigenvalue weighted by Crippen LogP contribution is -2.52. The second kappa shape index (κ2) is 5.55. The summed E-state index contributed by atoms with van der Waals surface area (Å²) in [5.41, 5.74) is 3.59. The summed E-state index contributed by atoms with van der Waals surface area (Å²) in [4.78, 5) is 0. The lowest BCUT2D eigenvalue weighted by molar-refractivity contribution is 0.106. The van der Waals surface area contributed by atoms with Crippen LogP contribution in [-0.4, -0.2) is 31.4 Å². The van der Waals surface area contributed by atoms with Gasteiger partial charge in [0.2, 0.25) is 0 Å². The maximum atomic E-state index is 10.4. The Balaban J connectivity index is 2.00. The summed E-state index contributed by atoms with van der Waals surface area (Å²) >= 11 is 0. The number of hydrogen-bond acceptors (Lipinski definition) is 4. The summed E-state index contributed by atoms with van der Waals surface area (Å²) in [5, 5.41) is 13.9. The normalized spacial score (nSPS) is 29.5. The highest BCUT2D eigenvalue weighted by Gasteiger charge is 2.59. The maximum absolute atomic E-state index is 10.4. The highest BCUT2D eigenvalue weighted by Crippen LogP contribution is 2.60. The fraction of sp³-hybridized carbons (Fsp3) is 0.500. The van der Waals surface area contributed by atoms with Gasteiger partial charge in [-0.15, -0.1) is 0 Å². The lowest BCUT2D eigenvalue weighted by Gasteiger charge is -2.46. The minimum atomic E-state index is -0.231. The molecule has 4 rings (SSSR count). The van der Waals surface area contributed by atoms with Gasteiger partial charge in [-0.25, -0.2) is 0 Å². The number of unbranched alkanes of at least 4 members (excludes halogenated alkanes) is 1. The van der Waals surface area contributed by atoms with E-state index in [1.54, 1.807) is 13.2 Å². The molecule has 4 heteroatoms. The average molecular weight is 327 g/mol. The second-order valence-corrected chi connectivity index (χ2v) is 6.96. The van der Waals surface area contributed by atoms with Crippen molar-refractivity contribution in [3.05, 3.63) is 46.7 Å². The van der Waals surface area contributed by atoms with E-state index >= 15 is 0 Å². The van der Waals surface area contributed by atoms with Crippen LogP contribution in [0.25, 0.3) is 0 Å². The highest BCUT2D eigenvalue weighted by atomic mass is 16.5. The van der Waals surface area contributed by atoms with Crippen LogP contribution in [0.1, 0.15) is 37.3 Å². The summed E-state index contributed by atoms with van der Waals surface area (Å²) in [6.45, 7) is 2.21. The van der Waals surface area contributed by atoms with Crippen LogP contribution in [0.15, 0.2) is 35.6 Å². The molecule has 1 heterocycles. The number of ether oxygens (including phenoxy) is 2. The molecule has 0 spiro atoms. The van der Waals surface area contributed by atoms with Gasteiger partial charge in [-0.05, 0) is 43.2 Å². The quantitative estimate of drug-likeness (QED) is 0.872. The second-order valence-electron chi connectivity index (χ2n) is 6.96. The van der Waals surface area contributed by atoms with E-state index in [-0.39, 0.29) is 23.3 Å². The Labute approximate surface area is 143 Å².